The maximum Gasteiger partial charge on any atom is 0.185 e. The van der Waals surface area contributed by atoms with Crippen LogP contribution in [-0.4, -0.2) is 5.78 Å². The smallest absolute Gasteiger partial charge is 0.185 e. The lowest BCUT2D eigenvalue weighted by Crippen LogP contribution is -1.94. The van der Waals surface area contributed by atoms with Crippen molar-refractivity contribution in [3.05, 3.63) is 106 Å². The van der Waals surface area contributed by atoms with Crippen LogP contribution in [0.15, 0.2) is 88.9 Å². The molecule has 0 unspecified atom stereocenters. The lowest BCUT2D eigenvalue weighted by Gasteiger charge is -2.03. The van der Waals surface area contributed by atoms with E-state index in [0.29, 0.717) is 5.56 Å². The van der Waals surface area contributed by atoms with Crippen LogP contribution in [0, 0.1) is 0 Å². The van der Waals surface area contributed by atoms with E-state index in [0.717, 1.165) is 25.6 Å². The maximum atomic E-state index is 12.3. The quantitative estimate of drug-likeness (QED) is 0.270. The van der Waals surface area contributed by atoms with E-state index in [1.165, 1.54) is 0 Å². The average molecular weight is 444 g/mol. The Hall–Kier alpha value is -1.97. The standard InChI is InChI=1S/C21H16Br2O/c1-3-5-16(4-2)17-7-9-18(10-8-17)21(24)11-6-15-12-19(22)14-20(23)13-15/h3-14H,1-2H2/b11-6+,16-5+. The summed E-state index contributed by atoms with van der Waals surface area (Å²) in [7, 11) is 0. The van der Waals surface area contributed by atoms with Gasteiger partial charge >= 0.3 is 0 Å². The molecule has 0 bridgehead atoms. The maximum absolute atomic E-state index is 12.3. The molecule has 0 fully saturated rings. The monoisotopic (exact) mass is 442 g/mol. The third-order valence-electron chi connectivity index (χ3n) is 3.33. The Labute approximate surface area is 159 Å². The Kier molecular flexibility index (Phi) is 6.71. The van der Waals surface area contributed by atoms with Gasteiger partial charge in [-0.3, -0.25) is 4.79 Å². The Morgan fingerprint density at radius 2 is 1.50 bits per heavy atom. The molecule has 0 aliphatic rings. The zero-order valence-electron chi connectivity index (χ0n) is 13.0. The number of carbonyl (C=O) groups excluding carboxylic acids is 1. The van der Waals surface area contributed by atoms with Crippen LogP contribution in [0.4, 0.5) is 0 Å². The largest absolute Gasteiger partial charge is 0.289 e. The van der Waals surface area contributed by atoms with Gasteiger partial charge in [0.15, 0.2) is 5.78 Å². The first-order valence-corrected chi connectivity index (χ1v) is 8.86. The lowest BCUT2D eigenvalue weighted by atomic mass is 10.0. The van der Waals surface area contributed by atoms with Gasteiger partial charge in [-0.1, -0.05) is 93.6 Å². The second-order valence-corrected chi connectivity index (χ2v) is 6.87. The molecule has 0 aliphatic carbocycles. The molecule has 0 saturated carbocycles. The van der Waals surface area contributed by atoms with Crippen LogP contribution in [0.5, 0.6) is 0 Å². The fourth-order valence-corrected chi connectivity index (χ4v) is 3.50. The van der Waals surface area contributed by atoms with Crippen LogP contribution in [0.2, 0.25) is 0 Å². The normalized spacial score (nSPS) is 11.5. The molecule has 0 saturated heterocycles. The SMILES string of the molecule is C=C/C=C(\C=C)c1ccc(C(=O)/C=C/c2cc(Br)cc(Br)c2)cc1. The van der Waals surface area contributed by atoms with Gasteiger partial charge in [-0.2, -0.15) is 0 Å². The van der Waals surface area contributed by atoms with Crippen molar-refractivity contribution in [3.63, 3.8) is 0 Å². The van der Waals surface area contributed by atoms with E-state index in [1.54, 1.807) is 24.3 Å². The van der Waals surface area contributed by atoms with E-state index < -0.39 is 0 Å². The van der Waals surface area contributed by atoms with Gasteiger partial charge in [-0.05, 0) is 41.0 Å². The summed E-state index contributed by atoms with van der Waals surface area (Å²) in [6.07, 6.45) is 8.75. The van der Waals surface area contributed by atoms with Crippen LogP contribution in [0.3, 0.4) is 0 Å². The van der Waals surface area contributed by atoms with E-state index in [-0.39, 0.29) is 5.78 Å². The van der Waals surface area contributed by atoms with Gasteiger partial charge in [0.2, 0.25) is 0 Å². The zero-order chi connectivity index (χ0) is 17.5. The molecule has 0 heterocycles. The number of benzene rings is 2. The zero-order valence-corrected chi connectivity index (χ0v) is 16.2. The van der Waals surface area contributed by atoms with Crippen molar-refractivity contribution in [1.82, 2.24) is 0 Å². The van der Waals surface area contributed by atoms with Crippen LogP contribution < -0.4 is 0 Å². The van der Waals surface area contributed by atoms with Crippen molar-refractivity contribution in [1.29, 1.82) is 0 Å². The number of hydrogen-bond donors (Lipinski definition) is 0. The van der Waals surface area contributed by atoms with Crippen molar-refractivity contribution in [3.8, 4) is 0 Å². The predicted octanol–water partition coefficient (Wildman–Crippen LogP) is 6.86. The fraction of sp³-hybridized carbons (Fsp3) is 0. The van der Waals surface area contributed by atoms with E-state index in [1.807, 2.05) is 48.5 Å². The summed E-state index contributed by atoms with van der Waals surface area (Å²) in [5, 5.41) is 0. The van der Waals surface area contributed by atoms with Crippen LogP contribution >= 0.6 is 31.9 Å². The molecule has 120 valence electrons. The lowest BCUT2D eigenvalue weighted by molar-refractivity contribution is 0.104. The van der Waals surface area contributed by atoms with Gasteiger partial charge in [0.25, 0.3) is 0 Å². The number of hydrogen-bond acceptors (Lipinski definition) is 1. The Balaban J connectivity index is 2.18. The van der Waals surface area contributed by atoms with Crippen molar-refractivity contribution in [2.75, 3.05) is 0 Å². The van der Waals surface area contributed by atoms with Crippen molar-refractivity contribution in [2.45, 2.75) is 0 Å². The van der Waals surface area contributed by atoms with E-state index in [2.05, 4.69) is 45.0 Å². The number of carbonyl (C=O) groups is 1. The van der Waals surface area contributed by atoms with Crippen LogP contribution in [0.25, 0.3) is 11.6 Å². The molecule has 0 spiro atoms. The molecule has 1 nitrogen and oxygen atoms in total. The van der Waals surface area contributed by atoms with Crippen LogP contribution in [-0.2, 0) is 0 Å². The second-order valence-electron chi connectivity index (χ2n) is 5.04. The Morgan fingerprint density at radius 1 is 0.917 bits per heavy atom. The number of allylic oxidation sites excluding steroid dienone is 5. The minimum atomic E-state index is -0.0366. The second kappa shape index (κ2) is 8.76. The summed E-state index contributed by atoms with van der Waals surface area (Å²) >= 11 is 6.87. The van der Waals surface area contributed by atoms with Gasteiger partial charge < -0.3 is 0 Å². The number of halogens is 2. The topological polar surface area (TPSA) is 17.1 Å². The first kappa shape index (κ1) is 18.4. The molecule has 3 heteroatoms. The third-order valence-corrected chi connectivity index (χ3v) is 4.25. The average Bonchev–Trinajstić information content (AvgIpc) is 2.57. The molecule has 24 heavy (non-hydrogen) atoms. The molecule has 0 radical (unpaired) electrons. The first-order valence-electron chi connectivity index (χ1n) is 7.27. The highest BCUT2D eigenvalue weighted by Gasteiger charge is 2.03. The van der Waals surface area contributed by atoms with Crippen molar-refractivity contribution < 1.29 is 4.79 Å². The summed E-state index contributed by atoms with van der Waals surface area (Å²) in [5.74, 6) is -0.0366. The highest BCUT2D eigenvalue weighted by molar-refractivity contribution is 9.11. The minimum absolute atomic E-state index is 0.0366. The summed E-state index contributed by atoms with van der Waals surface area (Å²) < 4.78 is 1.92. The van der Waals surface area contributed by atoms with E-state index >= 15 is 0 Å². The van der Waals surface area contributed by atoms with Gasteiger partial charge in [-0.15, -0.1) is 0 Å². The molecular weight excluding hydrogens is 428 g/mol. The van der Waals surface area contributed by atoms with Gasteiger partial charge in [-0.25, -0.2) is 0 Å². The van der Waals surface area contributed by atoms with Gasteiger partial charge in [0.05, 0.1) is 0 Å². The summed E-state index contributed by atoms with van der Waals surface area (Å²) in [6.45, 7) is 7.48. The third kappa shape index (κ3) is 5.02. The highest BCUT2D eigenvalue weighted by Crippen LogP contribution is 2.21. The van der Waals surface area contributed by atoms with E-state index in [9.17, 15) is 4.79 Å². The van der Waals surface area contributed by atoms with Gasteiger partial charge in [0, 0.05) is 14.5 Å². The number of rotatable bonds is 6. The summed E-state index contributed by atoms with van der Waals surface area (Å²) in [5.41, 5.74) is 3.56. The fourth-order valence-electron chi connectivity index (χ4n) is 2.18. The van der Waals surface area contributed by atoms with Crippen molar-refractivity contribution >= 4 is 49.3 Å². The van der Waals surface area contributed by atoms with E-state index in [4.69, 9.17) is 0 Å². The molecule has 2 rings (SSSR count). The molecule has 0 atom stereocenters. The molecule has 0 aromatic heterocycles. The Bertz CT molecular complexity index is 807. The minimum Gasteiger partial charge on any atom is -0.289 e. The highest BCUT2D eigenvalue weighted by atomic mass is 79.9. The molecule has 0 amide bonds. The molecule has 0 N–H and O–H groups in total. The van der Waals surface area contributed by atoms with Crippen LogP contribution in [0.1, 0.15) is 21.5 Å². The Morgan fingerprint density at radius 3 is 2.04 bits per heavy atom. The number of ketones is 1. The first-order chi connectivity index (χ1) is 11.5. The van der Waals surface area contributed by atoms with Crippen molar-refractivity contribution in [2.24, 2.45) is 0 Å². The molecular formula is C21H16Br2O. The summed E-state index contributed by atoms with van der Waals surface area (Å²) in [6, 6.07) is 13.3. The molecule has 2 aromatic carbocycles. The molecule has 2 aromatic rings. The van der Waals surface area contributed by atoms with Gasteiger partial charge in [0.1, 0.15) is 0 Å². The summed E-state index contributed by atoms with van der Waals surface area (Å²) in [4.78, 5) is 12.3. The predicted molar refractivity (Wildman–Crippen MR) is 110 cm³/mol. The molecule has 0 aliphatic heterocycles.